The molecule has 1 aromatic heterocycles. The maximum atomic E-state index is 9.12. The van der Waals surface area contributed by atoms with Crippen molar-refractivity contribution >= 4 is 29.0 Å². The summed E-state index contributed by atoms with van der Waals surface area (Å²) in [4.78, 5) is 0. The van der Waals surface area contributed by atoms with Crippen molar-refractivity contribution in [3.63, 3.8) is 0 Å². The van der Waals surface area contributed by atoms with Gasteiger partial charge in [0, 0.05) is 22.3 Å². The Labute approximate surface area is 128 Å². The first-order valence-corrected chi connectivity index (χ1v) is 7.00. The lowest BCUT2D eigenvalue weighted by Gasteiger charge is -2.10. The van der Waals surface area contributed by atoms with Crippen LogP contribution in [0.5, 0.6) is 0 Å². The summed E-state index contributed by atoms with van der Waals surface area (Å²) < 4.78 is 1.96. The molecule has 104 valence electrons. The predicted molar refractivity (Wildman–Crippen MR) is 83.2 cm³/mol. The molecule has 3 nitrogen and oxygen atoms in total. The van der Waals surface area contributed by atoms with E-state index in [1.807, 2.05) is 30.5 Å². The lowest BCUT2D eigenvalue weighted by molar-refractivity contribution is 0.689. The number of halogens is 2. The van der Waals surface area contributed by atoms with Crippen LogP contribution in [0.3, 0.4) is 0 Å². The van der Waals surface area contributed by atoms with Crippen molar-refractivity contribution in [1.82, 2.24) is 4.57 Å². The first-order valence-electron chi connectivity index (χ1n) is 6.25. The largest absolute Gasteiger partial charge is 0.384 e. The Morgan fingerprint density at radius 1 is 1.30 bits per heavy atom. The van der Waals surface area contributed by atoms with Crippen molar-refractivity contribution in [2.45, 2.75) is 26.8 Å². The van der Waals surface area contributed by atoms with Gasteiger partial charge in [-0.05, 0) is 43.5 Å². The molecule has 5 heteroatoms. The average Bonchev–Trinajstić information content (AvgIpc) is 2.60. The van der Waals surface area contributed by atoms with Crippen LogP contribution in [0, 0.1) is 25.2 Å². The average molecular weight is 308 g/mol. The van der Waals surface area contributed by atoms with Gasteiger partial charge in [0.05, 0.1) is 5.56 Å². The minimum atomic E-state index is 0.521. The molecule has 2 aromatic rings. The van der Waals surface area contributed by atoms with Crippen molar-refractivity contribution in [3.8, 4) is 6.07 Å². The topological polar surface area (TPSA) is 54.7 Å². The van der Waals surface area contributed by atoms with Gasteiger partial charge >= 0.3 is 0 Å². The number of nitrogen functional groups attached to an aromatic ring is 1. The molecule has 20 heavy (non-hydrogen) atoms. The maximum Gasteiger partial charge on any atom is 0.122 e. The van der Waals surface area contributed by atoms with Crippen LogP contribution in [0.1, 0.15) is 22.4 Å². The molecule has 0 aliphatic heterocycles. The highest BCUT2D eigenvalue weighted by Gasteiger charge is 2.15. The van der Waals surface area contributed by atoms with Gasteiger partial charge in [-0.25, -0.2) is 0 Å². The van der Waals surface area contributed by atoms with Gasteiger partial charge in [-0.1, -0.05) is 29.3 Å². The van der Waals surface area contributed by atoms with E-state index < -0.39 is 0 Å². The summed E-state index contributed by atoms with van der Waals surface area (Å²) in [6.07, 6.45) is 0.736. The first-order chi connectivity index (χ1) is 9.45. The van der Waals surface area contributed by atoms with Crippen LogP contribution in [-0.4, -0.2) is 4.57 Å². The Morgan fingerprint density at radius 2 is 2.00 bits per heavy atom. The van der Waals surface area contributed by atoms with Gasteiger partial charge in [0.15, 0.2) is 0 Å². The summed E-state index contributed by atoms with van der Waals surface area (Å²) in [7, 11) is 0. The number of hydrogen-bond acceptors (Lipinski definition) is 2. The van der Waals surface area contributed by atoms with Crippen LogP contribution in [0.4, 0.5) is 5.82 Å². The Hall–Kier alpha value is -1.63. The third-order valence-electron chi connectivity index (χ3n) is 3.60. The fourth-order valence-electron chi connectivity index (χ4n) is 2.28. The van der Waals surface area contributed by atoms with E-state index in [1.54, 1.807) is 6.07 Å². The van der Waals surface area contributed by atoms with Crippen LogP contribution in [0.2, 0.25) is 10.0 Å². The molecule has 0 aliphatic carbocycles. The molecule has 2 N–H and O–H groups in total. The highest BCUT2D eigenvalue weighted by molar-refractivity contribution is 6.35. The SMILES string of the molecule is Cc1c(C#N)c(N)n(CCc2ccc(Cl)cc2Cl)c1C. The van der Waals surface area contributed by atoms with E-state index in [0.29, 0.717) is 28.0 Å². The van der Waals surface area contributed by atoms with E-state index in [1.165, 1.54) is 0 Å². The number of nitrogens with zero attached hydrogens (tertiary/aromatic N) is 2. The van der Waals surface area contributed by atoms with Crippen LogP contribution >= 0.6 is 23.2 Å². The minimum Gasteiger partial charge on any atom is -0.384 e. The molecule has 0 saturated carbocycles. The third kappa shape index (κ3) is 2.63. The predicted octanol–water partition coefficient (Wildman–Crippen LogP) is 4.11. The van der Waals surface area contributed by atoms with E-state index in [0.717, 1.165) is 23.2 Å². The highest BCUT2D eigenvalue weighted by atomic mass is 35.5. The molecule has 0 atom stereocenters. The zero-order chi connectivity index (χ0) is 14.9. The van der Waals surface area contributed by atoms with Crippen molar-refractivity contribution < 1.29 is 0 Å². The zero-order valence-corrected chi connectivity index (χ0v) is 12.9. The van der Waals surface area contributed by atoms with Crippen molar-refractivity contribution in [1.29, 1.82) is 5.26 Å². The molecule has 0 aliphatic rings. The first kappa shape index (κ1) is 14.8. The third-order valence-corrected chi connectivity index (χ3v) is 4.19. The summed E-state index contributed by atoms with van der Waals surface area (Å²) in [5, 5.41) is 10.4. The molecule has 2 rings (SSSR count). The van der Waals surface area contributed by atoms with Crippen LogP contribution in [0.25, 0.3) is 0 Å². The lowest BCUT2D eigenvalue weighted by atomic mass is 10.1. The summed E-state index contributed by atoms with van der Waals surface area (Å²) in [5.41, 5.74) is 9.56. The number of rotatable bonds is 3. The molecular weight excluding hydrogens is 293 g/mol. The van der Waals surface area contributed by atoms with Crippen molar-refractivity contribution in [2.24, 2.45) is 0 Å². The van der Waals surface area contributed by atoms with Crippen LogP contribution < -0.4 is 5.73 Å². The van der Waals surface area contributed by atoms with Crippen LogP contribution in [-0.2, 0) is 13.0 Å². The van der Waals surface area contributed by atoms with Gasteiger partial charge < -0.3 is 10.3 Å². The second-order valence-corrected chi connectivity index (χ2v) is 5.56. The summed E-state index contributed by atoms with van der Waals surface area (Å²) in [5.74, 6) is 0.521. The van der Waals surface area contributed by atoms with Crippen molar-refractivity contribution in [3.05, 3.63) is 50.6 Å². The van der Waals surface area contributed by atoms with E-state index in [-0.39, 0.29) is 0 Å². The number of anilines is 1. The molecule has 0 spiro atoms. The van der Waals surface area contributed by atoms with Gasteiger partial charge in [0.1, 0.15) is 11.9 Å². The number of nitriles is 1. The van der Waals surface area contributed by atoms with Gasteiger partial charge in [-0.15, -0.1) is 0 Å². The fourth-order valence-corrected chi connectivity index (χ4v) is 2.78. The quantitative estimate of drug-likeness (QED) is 0.927. The molecule has 0 amide bonds. The van der Waals surface area contributed by atoms with Crippen LogP contribution in [0.15, 0.2) is 18.2 Å². The number of benzene rings is 1. The molecule has 1 heterocycles. The molecule has 0 fully saturated rings. The molecule has 0 saturated heterocycles. The Bertz CT molecular complexity index is 696. The summed E-state index contributed by atoms with van der Waals surface area (Å²) >= 11 is 12.0. The monoisotopic (exact) mass is 307 g/mol. The molecule has 0 radical (unpaired) electrons. The second-order valence-electron chi connectivity index (χ2n) is 4.72. The molecule has 0 unspecified atom stereocenters. The van der Waals surface area contributed by atoms with E-state index in [2.05, 4.69) is 6.07 Å². The highest BCUT2D eigenvalue weighted by Crippen LogP contribution is 2.26. The van der Waals surface area contributed by atoms with Gasteiger partial charge in [-0.3, -0.25) is 0 Å². The summed E-state index contributed by atoms with van der Waals surface area (Å²) in [6, 6.07) is 7.62. The van der Waals surface area contributed by atoms with Gasteiger partial charge in [0.2, 0.25) is 0 Å². The summed E-state index contributed by atoms with van der Waals surface area (Å²) in [6.45, 7) is 4.56. The molecule has 0 bridgehead atoms. The van der Waals surface area contributed by atoms with Crippen molar-refractivity contribution in [2.75, 3.05) is 5.73 Å². The fraction of sp³-hybridized carbons (Fsp3) is 0.267. The Kier molecular flexibility index (Phi) is 4.27. The second kappa shape index (κ2) is 5.78. The Morgan fingerprint density at radius 3 is 2.55 bits per heavy atom. The van der Waals surface area contributed by atoms with E-state index >= 15 is 0 Å². The normalized spacial score (nSPS) is 10.6. The standard InChI is InChI=1S/C15H15Cl2N3/c1-9-10(2)20(15(19)13(9)8-18)6-5-11-3-4-12(16)7-14(11)17/h3-4,7H,5-6,19H2,1-2H3. The van der Waals surface area contributed by atoms with E-state index in [9.17, 15) is 0 Å². The zero-order valence-electron chi connectivity index (χ0n) is 11.4. The number of nitrogens with two attached hydrogens (primary N) is 1. The number of aryl methyl sites for hydroxylation is 1. The van der Waals surface area contributed by atoms with Gasteiger partial charge in [0.25, 0.3) is 0 Å². The minimum absolute atomic E-state index is 0.521. The maximum absolute atomic E-state index is 9.12. The number of hydrogen-bond donors (Lipinski definition) is 1. The lowest BCUT2D eigenvalue weighted by Crippen LogP contribution is -2.07. The van der Waals surface area contributed by atoms with Gasteiger partial charge in [-0.2, -0.15) is 5.26 Å². The number of aromatic nitrogens is 1. The smallest absolute Gasteiger partial charge is 0.122 e. The molecule has 1 aromatic carbocycles. The van der Waals surface area contributed by atoms with E-state index in [4.69, 9.17) is 34.2 Å². The Balaban J connectivity index is 2.26. The molecular formula is C15H15Cl2N3.